The molecule has 0 spiro atoms. The smallest absolute Gasteiger partial charge is 0.245 e. The molecule has 1 N–H and O–H groups in total. The summed E-state index contributed by atoms with van der Waals surface area (Å²) >= 11 is 12.6. The molecule has 36 heavy (non-hydrogen) atoms. The molecule has 2 saturated heterocycles. The van der Waals surface area contributed by atoms with Crippen molar-refractivity contribution in [1.82, 2.24) is 0 Å². The number of nitriles is 3. The van der Waals surface area contributed by atoms with Crippen molar-refractivity contribution < 1.29 is 23.7 Å². The summed E-state index contributed by atoms with van der Waals surface area (Å²) in [5.74, 6) is -2.57. The fraction of sp³-hybridized carbons (Fsp3) is 0.360. The van der Waals surface area contributed by atoms with Gasteiger partial charge in [-0.1, -0.05) is 30.1 Å². The Morgan fingerprint density at radius 1 is 0.944 bits per heavy atom. The molecule has 2 aromatic rings. The second-order valence-electron chi connectivity index (χ2n) is 8.35. The maximum absolute atomic E-state index is 10.5. The topological polar surface area (TPSA) is 141 Å². The lowest BCUT2D eigenvalue weighted by Crippen LogP contribution is -2.57. The van der Waals surface area contributed by atoms with Gasteiger partial charge in [0.05, 0.1) is 50.5 Å². The van der Waals surface area contributed by atoms with Gasteiger partial charge in [0.15, 0.2) is 16.9 Å². The first-order chi connectivity index (χ1) is 17.2. The van der Waals surface area contributed by atoms with Gasteiger partial charge in [0.1, 0.15) is 6.10 Å². The second-order valence-corrected chi connectivity index (χ2v) is 9.20. The highest BCUT2D eigenvalue weighted by Gasteiger charge is 2.80. The predicted octanol–water partition coefficient (Wildman–Crippen LogP) is 5.13. The first-order valence-corrected chi connectivity index (χ1v) is 11.4. The Kier molecular flexibility index (Phi) is 6.19. The van der Waals surface area contributed by atoms with Crippen LogP contribution in [0.4, 0.5) is 0 Å². The highest BCUT2D eigenvalue weighted by atomic mass is 35.5. The third-order valence-corrected chi connectivity index (χ3v) is 7.51. The summed E-state index contributed by atoms with van der Waals surface area (Å²) in [6.07, 6.45) is -1.40. The third-order valence-electron chi connectivity index (χ3n) is 6.97. The molecule has 4 unspecified atom stereocenters. The Labute approximate surface area is 217 Å². The number of benzene rings is 2. The van der Waals surface area contributed by atoms with Gasteiger partial charge in [-0.15, -0.1) is 0 Å². The highest BCUT2D eigenvalue weighted by molar-refractivity contribution is 6.35. The van der Waals surface area contributed by atoms with Crippen LogP contribution < -0.4 is 14.2 Å². The minimum absolute atomic E-state index is 0.168. The van der Waals surface area contributed by atoms with Crippen molar-refractivity contribution in [3.05, 3.63) is 51.5 Å². The molecule has 2 heterocycles. The predicted molar refractivity (Wildman–Crippen MR) is 128 cm³/mol. The van der Waals surface area contributed by atoms with Crippen LogP contribution in [0.5, 0.6) is 17.2 Å². The lowest BCUT2D eigenvalue weighted by atomic mass is 9.53. The summed E-state index contributed by atoms with van der Waals surface area (Å²) < 4.78 is 28.8. The first kappa shape index (κ1) is 25.4. The maximum Gasteiger partial charge on any atom is 0.245 e. The molecule has 0 aliphatic carbocycles. The van der Waals surface area contributed by atoms with Crippen molar-refractivity contribution in [2.24, 2.45) is 16.7 Å². The van der Waals surface area contributed by atoms with E-state index in [0.29, 0.717) is 10.6 Å². The number of hydrogen-bond acceptors (Lipinski definition) is 9. The average molecular weight is 527 g/mol. The van der Waals surface area contributed by atoms with Crippen LogP contribution in [0.25, 0.3) is 0 Å². The number of rotatable bonds is 5. The van der Waals surface area contributed by atoms with Gasteiger partial charge >= 0.3 is 0 Å². The van der Waals surface area contributed by atoms with E-state index in [1.165, 1.54) is 39.5 Å². The highest BCUT2D eigenvalue weighted by Crippen LogP contribution is 2.69. The molecule has 2 fully saturated rings. The second kappa shape index (κ2) is 8.76. The van der Waals surface area contributed by atoms with Gasteiger partial charge in [0.2, 0.25) is 22.8 Å². The van der Waals surface area contributed by atoms with Crippen LogP contribution >= 0.6 is 23.2 Å². The zero-order valence-corrected chi connectivity index (χ0v) is 21.2. The van der Waals surface area contributed by atoms with Crippen LogP contribution in [0.1, 0.15) is 24.2 Å². The summed E-state index contributed by atoms with van der Waals surface area (Å²) in [6, 6.07) is 13.7. The Bertz CT molecular complexity index is 1360. The molecule has 184 valence electrons. The molecule has 0 amide bonds. The standard InChI is InChI=1S/C25H20Cl2N4O5/c1-13-24(12-30)22(31)36-25(13,16-6-5-15(26)9-17(16)27)35-21(23(24,10-28)11-29)14-7-18(32-2)20(34-4)19(8-14)33-3/h5-9,13,21,31H,1-4H3. The molecule has 4 atom stereocenters. The van der Waals surface area contributed by atoms with Crippen LogP contribution in [-0.2, 0) is 15.3 Å². The lowest BCUT2D eigenvalue weighted by molar-refractivity contribution is -0.288. The maximum atomic E-state index is 10.5. The zero-order chi connectivity index (χ0) is 26.5. The van der Waals surface area contributed by atoms with Gasteiger partial charge in [-0.25, -0.2) is 0 Å². The molecule has 0 saturated carbocycles. The monoisotopic (exact) mass is 526 g/mol. The van der Waals surface area contributed by atoms with Crippen LogP contribution in [0.15, 0.2) is 30.3 Å². The van der Waals surface area contributed by atoms with E-state index < -0.39 is 34.5 Å². The SMILES string of the molecule is COc1cc(C2OC3(c4ccc(Cl)cc4Cl)OC(=N)C(C#N)(C3C)C2(C#N)C#N)cc(OC)c1OC. The van der Waals surface area contributed by atoms with E-state index >= 15 is 0 Å². The Balaban J connectivity index is 2.08. The Morgan fingerprint density at radius 2 is 1.56 bits per heavy atom. The number of ether oxygens (including phenoxy) is 5. The summed E-state index contributed by atoms with van der Waals surface area (Å²) in [5.41, 5.74) is -3.64. The van der Waals surface area contributed by atoms with E-state index in [1.807, 2.05) is 12.1 Å². The van der Waals surface area contributed by atoms with Crippen LogP contribution in [0.3, 0.4) is 0 Å². The van der Waals surface area contributed by atoms with Crippen LogP contribution in [0, 0.1) is 56.2 Å². The molecule has 4 rings (SSSR count). The van der Waals surface area contributed by atoms with Gasteiger partial charge in [0, 0.05) is 10.6 Å². The number of nitrogens with one attached hydrogen (secondary N) is 1. The largest absolute Gasteiger partial charge is 0.493 e. The quantitative estimate of drug-likeness (QED) is 0.564. The van der Waals surface area contributed by atoms with Gasteiger partial charge in [-0.05, 0) is 35.9 Å². The van der Waals surface area contributed by atoms with Crippen molar-refractivity contribution in [2.45, 2.75) is 18.8 Å². The summed E-state index contributed by atoms with van der Waals surface area (Å²) in [6.45, 7) is 1.59. The summed E-state index contributed by atoms with van der Waals surface area (Å²) in [4.78, 5) is 0. The Hall–Kier alpha value is -3.68. The fourth-order valence-corrected chi connectivity index (χ4v) is 5.71. The van der Waals surface area contributed by atoms with Gasteiger partial charge in [-0.2, -0.15) is 15.8 Å². The molecule has 2 aliphatic heterocycles. The molecule has 2 bridgehead atoms. The molecule has 0 aromatic heterocycles. The molecule has 2 aromatic carbocycles. The number of methoxy groups -OCH3 is 3. The molecular formula is C25H20Cl2N4O5. The Morgan fingerprint density at radius 3 is 2.03 bits per heavy atom. The van der Waals surface area contributed by atoms with Crippen LogP contribution in [0.2, 0.25) is 10.0 Å². The third kappa shape index (κ3) is 2.99. The minimum atomic E-state index is -2.19. The fourth-order valence-electron chi connectivity index (χ4n) is 5.17. The number of fused-ring (bicyclic) bond motifs is 2. The molecular weight excluding hydrogens is 507 g/mol. The molecule has 0 radical (unpaired) electrons. The minimum Gasteiger partial charge on any atom is -0.493 e. The first-order valence-electron chi connectivity index (χ1n) is 10.6. The number of nitrogens with zero attached hydrogens (tertiary/aromatic N) is 3. The molecule has 11 heteroatoms. The van der Waals surface area contributed by atoms with Crippen molar-refractivity contribution in [1.29, 1.82) is 21.2 Å². The average Bonchev–Trinajstić information content (AvgIpc) is 3.03. The van der Waals surface area contributed by atoms with Gasteiger partial charge in [0.25, 0.3) is 0 Å². The lowest BCUT2D eigenvalue weighted by Gasteiger charge is -2.49. The van der Waals surface area contributed by atoms with E-state index in [9.17, 15) is 15.8 Å². The summed E-state index contributed by atoms with van der Waals surface area (Å²) in [5, 5.41) is 40.6. The van der Waals surface area contributed by atoms with E-state index in [4.69, 9.17) is 52.3 Å². The zero-order valence-electron chi connectivity index (χ0n) is 19.7. The van der Waals surface area contributed by atoms with Crippen molar-refractivity contribution in [2.75, 3.05) is 21.3 Å². The summed E-state index contributed by atoms with van der Waals surface area (Å²) in [7, 11) is 4.27. The number of hydrogen-bond donors (Lipinski definition) is 1. The molecule has 9 nitrogen and oxygen atoms in total. The van der Waals surface area contributed by atoms with E-state index in [2.05, 4.69) is 6.07 Å². The van der Waals surface area contributed by atoms with Crippen LogP contribution in [-0.4, -0.2) is 27.2 Å². The number of halogens is 2. The van der Waals surface area contributed by atoms with Gasteiger partial charge in [-0.3, -0.25) is 5.41 Å². The van der Waals surface area contributed by atoms with Crippen molar-refractivity contribution >= 4 is 29.1 Å². The van der Waals surface area contributed by atoms with E-state index in [-0.39, 0.29) is 27.8 Å². The normalized spacial score (nSPS) is 27.7. The van der Waals surface area contributed by atoms with Crippen molar-refractivity contribution in [3.63, 3.8) is 0 Å². The van der Waals surface area contributed by atoms with E-state index in [0.717, 1.165) is 0 Å². The van der Waals surface area contributed by atoms with Gasteiger partial charge < -0.3 is 23.7 Å². The van der Waals surface area contributed by atoms with Crippen molar-refractivity contribution in [3.8, 4) is 35.5 Å². The molecule has 2 aliphatic rings. The van der Waals surface area contributed by atoms with E-state index in [1.54, 1.807) is 19.1 Å².